The van der Waals surface area contributed by atoms with Crippen LogP contribution in [0.15, 0.2) is 12.4 Å². The van der Waals surface area contributed by atoms with Gasteiger partial charge in [0.15, 0.2) is 0 Å². The molecular formula is C11H23N3O2SSi. The van der Waals surface area contributed by atoms with E-state index in [9.17, 15) is 8.42 Å². The SMILES string of the molecule is CN(C)S(=O)(=O)C(C)(C)C[Si](C)(C)c1ncc[nH]1. The molecule has 0 radical (unpaired) electrons. The van der Waals surface area contributed by atoms with Gasteiger partial charge in [-0.1, -0.05) is 13.1 Å². The largest absolute Gasteiger partial charge is 0.353 e. The molecule has 0 amide bonds. The molecule has 1 heterocycles. The highest BCUT2D eigenvalue weighted by molar-refractivity contribution is 7.90. The fraction of sp³-hybridized carbons (Fsp3) is 0.727. The zero-order valence-electron chi connectivity index (χ0n) is 12.0. The fourth-order valence-corrected chi connectivity index (χ4v) is 8.36. The van der Waals surface area contributed by atoms with Crippen molar-refractivity contribution in [3.63, 3.8) is 0 Å². The van der Waals surface area contributed by atoms with Gasteiger partial charge in [-0.15, -0.1) is 0 Å². The van der Waals surface area contributed by atoms with Gasteiger partial charge < -0.3 is 4.98 Å². The van der Waals surface area contributed by atoms with E-state index >= 15 is 0 Å². The van der Waals surface area contributed by atoms with Gasteiger partial charge in [0.05, 0.1) is 10.2 Å². The third-order valence-electron chi connectivity index (χ3n) is 3.19. The third kappa shape index (κ3) is 2.84. The molecule has 1 aromatic heterocycles. The lowest BCUT2D eigenvalue weighted by Gasteiger charge is -2.33. The van der Waals surface area contributed by atoms with Gasteiger partial charge in [-0.2, -0.15) is 0 Å². The minimum atomic E-state index is -3.27. The molecule has 0 aromatic carbocycles. The van der Waals surface area contributed by atoms with Crippen molar-refractivity contribution in [2.75, 3.05) is 14.1 Å². The molecule has 0 bridgehead atoms. The molecule has 0 fully saturated rings. The molecule has 0 saturated carbocycles. The predicted molar refractivity (Wildman–Crippen MR) is 77.2 cm³/mol. The second-order valence-electron chi connectivity index (χ2n) is 6.05. The lowest BCUT2D eigenvalue weighted by Crippen LogP contribution is -2.53. The summed E-state index contributed by atoms with van der Waals surface area (Å²) in [6, 6.07) is 0.633. The molecule has 0 aliphatic carbocycles. The first-order valence-electron chi connectivity index (χ1n) is 5.93. The summed E-state index contributed by atoms with van der Waals surface area (Å²) in [6.45, 7) is 7.86. The Morgan fingerprint density at radius 1 is 1.39 bits per heavy atom. The molecule has 7 heteroatoms. The van der Waals surface area contributed by atoms with Gasteiger partial charge in [0.2, 0.25) is 10.0 Å². The monoisotopic (exact) mass is 289 g/mol. The van der Waals surface area contributed by atoms with Gasteiger partial charge in [0.25, 0.3) is 0 Å². The maximum Gasteiger partial charge on any atom is 0.218 e. The second-order valence-corrected chi connectivity index (χ2v) is 13.4. The molecular weight excluding hydrogens is 266 g/mol. The molecule has 0 saturated heterocycles. The topological polar surface area (TPSA) is 66.1 Å². The van der Waals surface area contributed by atoms with E-state index in [0.717, 1.165) is 5.45 Å². The molecule has 1 aromatic rings. The van der Waals surface area contributed by atoms with E-state index in [4.69, 9.17) is 0 Å². The zero-order chi connectivity index (χ0) is 14.2. The summed E-state index contributed by atoms with van der Waals surface area (Å²) < 4.78 is 25.2. The van der Waals surface area contributed by atoms with Crippen molar-refractivity contribution in [1.29, 1.82) is 0 Å². The normalized spacial score (nSPS) is 14.2. The van der Waals surface area contributed by atoms with Crippen molar-refractivity contribution in [3.8, 4) is 0 Å². The molecule has 1 N–H and O–H groups in total. The Hall–Kier alpha value is -0.663. The minimum Gasteiger partial charge on any atom is -0.353 e. The summed E-state index contributed by atoms with van der Waals surface area (Å²) in [4.78, 5) is 7.42. The maximum absolute atomic E-state index is 12.3. The Balaban J connectivity index is 3.04. The van der Waals surface area contributed by atoms with Gasteiger partial charge in [-0.25, -0.2) is 17.7 Å². The number of hydrogen-bond donors (Lipinski definition) is 1. The highest BCUT2D eigenvalue weighted by Gasteiger charge is 2.43. The number of sulfonamides is 1. The van der Waals surface area contributed by atoms with Crippen LogP contribution in [-0.2, 0) is 10.0 Å². The number of nitrogens with zero attached hydrogens (tertiary/aromatic N) is 2. The zero-order valence-corrected chi connectivity index (χ0v) is 13.8. The summed E-state index contributed by atoms with van der Waals surface area (Å²) in [5.74, 6) is 0. The van der Waals surface area contributed by atoms with Crippen LogP contribution in [0.3, 0.4) is 0 Å². The van der Waals surface area contributed by atoms with E-state index in [0.29, 0.717) is 6.04 Å². The van der Waals surface area contributed by atoms with Gasteiger partial charge in [-0.3, -0.25) is 0 Å². The fourth-order valence-electron chi connectivity index (χ4n) is 2.37. The molecule has 1 rings (SSSR count). The number of nitrogens with one attached hydrogen (secondary N) is 1. The Morgan fingerprint density at radius 3 is 2.33 bits per heavy atom. The van der Waals surface area contributed by atoms with Crippen molar-refractivity contribution in [1.82, 2.24) is 14.3 Å². The number of aromatic amines is 1. The number of imidazole rings is 1. The maximum atomic E-state index is 12.3. The van der Waals surface area contributed by atoms with Crippen molar-refractivity contribution < 1.29 is 8.42 Å². The standard InChI is InChI=1S/C11H23N3O2SSi/c1-11(2,17(15,16)14(3)4)9-18(5,6)10-12-7-8-13-10/h7-8H,9H2,1-6H3,(H,12,13). The molecule has 0 aliphatic heterocycles. The average molecular weight is 289 g/mol. The average Bonchev–Trinajstić information content (AvgIpc) is 2.68. The van der Waals surface area contributed by atoms with Gasteiger partial charge >= 0.3 is 0 Å². The van der Waals surface area contributed by atoms with Gasteiger partial charge in [-0.05, 0) is 19.9 Å². The summed E-state index contributed by atoms with van der Waals surface area (Å²) in [7, 11) is -2.00. The number of hydrogen-bond acceptors (Lipinski definition) is 3. The van der Waals surface area contributed by atoms with Crippen LogP contribution in [0, 0.1) is 0 Å². The van der Waals surface area contributed by atoms with E-state index in [-0.39, 0.29) is 0 Å². The first-order valence-corrected chi connectivity index (χ1v) is 10.6. The minimum absolute atomic E-state index is 0.633. The van der Waals surface area contributed by atoms with Gasteiger partial charge in [0.1, 0.15) is 8.07 Å². The van der Waals surface area contributed by atoms with Crippen LogP contribution >= 0.6 is 0 Å². The van der Waals surface area contributed by atoms with Crippen molar-refractivity contribution in [2.45, 2.75) is 37.7 Å². The number of rotatable bonds is 5. The third-order valence-corrected chi connectivity index (χ3v) is 9.27. The molecule has 0 aliphatic rings. The van der Waals surface area contributed by atoms with Crippen LogP contribution in [0.5, 0.6) is 0 Å². The Kier molecular flexibility index (Phi) is 4.09. The Bertz CT molecular complexity index is 492. The van der Waals surface area contributed by atoms with E-state index in [1.54, 1.807) is 40.3 Å². The van der Waals surface area contributed by atoms with E-state index < -0.39 is 22.8 Å². The van der Waals surface area contributed by atoms with Crippen molar-refractivity contribution in [2.24, 2.45) is 0 Å². The predicted octanol–water partition coefficient (Wildman–Crippen LogP) is 0.995. The number of aromatic nitrogens is 2. The van der Waals surface area contributed by atoms with E-state index in [1.165, 1.54) is 4.31 Å². The summed E-state index contributed by atoms with van der Waals surface area (Å²) >= 11 is 0. The summed E-state index contributed by atoms with van der Waals surface area (Å²) in [5, 5.41) is 0. The Labute approximate surface area is 111 Å². The second kappa shape index (κ2) is 4.79. The molecule has 0 spiro atoms. The van der Waals surface area contributed by atoms with Crippen LogP contribution in [-0.4, -0.2) is 49.6 Å². The van der Waals surface area contributed by atoms with E-state index in [1.807, 2.05) is 0 Å². The quantitative estimate of drug-likeness (QED) is 0.822. The van der Waals surface area contributed by atoms with Crippen LogP contribution in [0.25, 0.3) is 0 Å². The molecule has 0 atom stereocenters. The molecule has 18 heavy (non-hydrogen) atoms. The van der Waals surface area contributed by atoms with Crippen molar-refractivity contribution in [3.05, 3.63) is 12.4 Å². The lowest BCUT2D eigenvalue weighted by atomic mass is 10.2. The van der Waals surface area contributed by atoms with Gasteiger partial charge in [0, 0.05) is 26.5 Å². The van der Waals surface area contributed by atoms with Crippen LogP contribution < -0.4 is 5.45 Å². The van der Waals surface area contributed by atoms with Crippen molar-refractivity contribution >= 4 is 23.5 Å². The molecule has 5 nitrogen and oxygen atoms in total. The summed E-state index contributed by atoms with van der Waals surface area (Å²) in [6.07, 6.45) is 3.51. The molecule has 104 valence electrons. The smallest absolute Gasteiger partial charge is 0.218 e. The van der Waals surface area contributed by atoms with Crippen LogP contribution in [0.2, 0.25) is 19.1 Å². The van der Waals surface area contributed by atoms with E-state index in [2.05, 4.69) is 23.1 Å². The van der Waals surface area contributed by atoms with Crippen LogP contribution in [0.1, 0.15) is 13.8 Å². The lowest BCUT2D eigenvalue weighted by molar-refractivity contribution is 0.486. The highest BCUT2D eigenvalue weighted by atomic mass is 32.2. The van der Waals surface area contributed by atoms with Crippen LogP contribution in [0.4, 0.5) is 0 Å². The Morgan fingerprint density at radius 2 is 1.94 bits per heavy atom. The first kappa shape index (κ1) is 15.4. The highest BCUT2D eigenvalue weighted by Crippen LogP contribution is 2.29. The summed E-state index contributed by atoms with van der Waals surface area (Å²) in [5.41, 5.74) is 0.949. The molecule has 0 unspecified atom stereocenters. The first-order chi connectivity index (χ1) is 8.01. The number of H-pyrrole nitrogens is 1.